The molecule has 1 atom stereocenters. The number of hydrogen-bond donors (Lipinski definition) is 1. The van der Waals surface area contributed by atoms with Crippen molar-refractivity contribution >= 4 is 5.91 Å². The molecule has 1 aliphatic rings. The van der Waals surface area contributed by atoms with Gasteiger partial charge in [0.15, 0.2) is 0 Å². The number of carbonyl (C=O) groups is 1. The van der Waals surface area contributed by atoms with Crippen molar-refractivity contribution < 1.29 is 4.79 Å². The molecule has 1 N–H and O–H groups in total. The van der Waals surface area contributed by atoms with E-state index in [1.165, 1.54) is 30.5 Å². The number of nitrogens with one attached hydrogen (secondary N) is 1. The number of rotatable bonds is 10. The van der Waals surface area contributed by atoms with Gasteiger partial charge in [0.2, 0.25) is 5.91 Å². The van der Waals surface area contributed by atoms with Crippen LogP contribution in [-0.2, 0) is 4.79 Å². The summed E-state index contributed by atoms with van der Waals surface area (Å²) in [5.41, 5.74) is 3.98. The maximum atomic E-state index is 12.1. The van der Waals surface area contributed by atoms with Crippen molar-refractivity contribution in [2.45, 2.75) is 79.2 Å². The molecule has 0 spiro atoms. The zero-order chi connectivity index (χ0) is 18.7. The van der Waals surface area contributed by atoms with E-state index in [1.54, 1.807) is 6.08 Å². The van der Waals surface area contributed by atoms with Crippen LogP contribution in [0.2, 0.25) is 0 Å². The monoisotopic (exact) mass is 346 g/mol. The minimum atomic E-state index is 0.0599. The molecule has 3 nitrogen and oxygen atoms in total. The second-order valence-electron chi connectivity index (χ2n) is 7.57. The van der Waals surface area contributed by atoms with Crippen LogP contribution in [0.4, 0.5) is 0 Å². The Morgan fingerprint density at radius 2 is 1.76 bits per heavy atom. The largest absolute Gasteiger partial charge is 0.351 e. The standard InChI is InChI=1S/C22H38N2O/c1-6-24-15-9-14-21(24)17-23-22(25)16-20(5)13-8-12-19(4)11-7-10-18(2)3/h10,12,16,21H,6-9,11,13-15,17H2,1-5H3,(H,23,25). The predicted molar refractivity (Wildman–Crippen MR) is 109 cm³/mol. The van der Waals surface area contributed by atoms with E-state index in [4.69, 9.17) is 0 Å². The first-order valence-corrected chi connectivity index (χ1v) is 9.90. The lowest BCUT2D eigenvalue weighted by Gasteiger charge is -2.22. The van der Waals surface area contributed by atoms with E-state index in [-0.39, 0.29) is 5.91 Å². The molecule has 1 aliphatic heterocycles. The van der Waals surface area contributed by atoms with Crippen molar-refractivity contribution in [1.82, 2.24) is 10.2 Å². The Labute approximate surface area is 155 Å². The van der Waals surface area contributed by atoms with Gasteiger partial charge in [-0.05, 0) is 79.3 Å². The fourth-order valence-electron chi connectivity index (χ4n) is 3.34. The lowest BCUT2D eigenvalue weighted by Crippen LogP contribution is -2.39. The highest BCUT2D eigenvalue weighted by Crippen LogP contribution is 2.15. The van der Waals surface area contributed by atoms with Gasteiger partial charge in [0.25, 0.3) is 0 Å². The van der Waals surface area contributed by atoms with Crippen molar-refractivity contribution in [3.63, 3.8) is 0 Å². The number of allylic oxidation sites excluding steroid dienone is 5. The number of likely N-dealkylation sites (tertiary alicyclic amines) is 1. The van der Waals surface area contributed by atoms with E-state index in [0.717, 1.165) is 44.3 Å². The van der Waals surface area contributed by atoms with Gasteiger partial charge in [-0.3, -0.25) is 9.69 Å². The van der Waals surface area contributed by atoms with Crippen molar-refractivity contribution in [3.05, 3.63) is 34.9 Å². The Kier molecular flexibility index (Phi) is 10.5. The van der Waals surface area contributed by atoms with Crippen LogP contribution in [0.5, 0.6) is 0 Å². The maximum absolute atomic E-state index is 12.1. The summed E-state index contributed by atoms with van der Waals surface area (Å²) in [4.78, 5) is 14.5. The fourth-order valence-corrected chi connectivity index (χ4v) is 3.34. The van der Waals surface area contributed by atoms with E-state index in [1.807, 2.05) is 0 Å². The minimum absolute atomic E-state index is 0.0599. The van der Waals surface area contributed by atoms with E-state index in [9.17, 15) is 4.79 Å². The molecule has 0 saturated carbocycles. The first-order valence-electron chi connectivity index (χ1n) is 9.90. The molecule has 3 heteroatoms. The molecule has 0 aromatic rings. The van der Waals surface area contributed by atoms with Crippen LogP contribution in [-0.4, -0.2) is 36.5 Å². The summed E-state index contributed by atoms with van der Waals surface area (Å²) in [7, 11) is 0. The zero-order valence-corrected chi connectivity index (χ0v) is 17.0. The molecule has 1 unspecified atom stereocenters. The highest BCUT2D eigenvalue weighted by molar-refractivity contribution is 5.88. The molecule has 1 fully saturated rings. The van der Waals surface area contributed by atoms with Crippen molar-refractivity contribution in [2.24, 2.45) is 0 Å². The van der Waals surface area contributed by atoms with Crippen LogP contribution in [0.1, 0.15) is 73.1 Å². The average Bonchev–Trinajstić information content (AvgIpc) is 3.00. The van der Waals surface area contributed by atoms with Crippen molar-refractivity contribution in [1.29, 1.82) is 0 Å². The van der Waals surface area contributed by atoms with Gasteiger partial charge >= 0.3 is 0 Å². The summed E-state index contributed by atoms with van der Waals surface area (Å²) < 4.78 is 0. The molecule has 0 aliphatic carbocycles. The minimum Gasteiger partial charge on any atom is -0.351 e. The molecular weight excluding hydrogens is 308 g/mol. The highest BCUT2D eigenvalue weighted by Gasteiger charge is 2.22. The van der Waals surface area contributed by atoms with Crippen LogP contribution in [0.15, 0.2) is 34.9 Å². The zero-order valence-electron chi connectivity index (χ0n) is 17.0. The molecule has 1 saturated heterocycles. The summed E-state index contributed by atoms with van der Waals surface area (Å²) in [6, 6.07) is 0.522. The average molecular weight is 347 g/mol. The van der Waals surface area contributed by atoms with Gasteiger partial charge in [0.1, 0.15) is 0 Å². The van der Waals surface area contributed by atoms with Gasteiger partial charge in [-0.15, -0.1) is 0 Å². The van der Waals surface area contributed by atoms with Gasteiger partial charge in [0.05, 0.1) is 0 Å². The van der Waals surface area contributed by atoms with Crippen LogP contribution < -0.4 is 5.32 Å². The Bertz CT molecular complexity index is 498. The first kappa shape index (κ1) is 21.7. The number of likely N-dealkylation sites (N-methyl/N-ethyl adjacent to an activating group) is 1. The van der Waals surface area contributed by atoms with E-state index in [2.05, 4.69) is 57.0 Å². The third-order valence-corrected chi connectivity index (χ3v) is 4.92. The predicted octanol–water partition coefficient (Wildman–Crippen LogP) is 5.01. The fraction of sp³-hybridized carbons (Fsp3) is 0.682. The molecule has 0 bridgehead atoms. The van der Waals surface area contributed by atoms with Crippen LogP contribution in [0.3, 0.4) is 0 Å². The summed E-state index contributed by atoms with van der Waals surface area (Å²) in [6.45, 7) is 13.8. The normalized spacial score (nSPS) is 19.2. The molecule has 0 aromatic carbocycles. The van der Waals surface area contributed by atoms with Gasteiger partial charge < -0.3 is 5.32 Å². The summed E-state index contributed by atoms with van der Waals surface area (Å²) in [5, 5.41) is 3.08. The smallest absolute Gasteiger partial charge is 0.243 e. The summed E-state index contributed by atoms with van der Waals surface area (Å²) >= 11 is 0. The third kappa shape index (κ3) is 9.64. The Balaban J connectivity index is 2.27. The Morgan fingerprint density at radius 3 is 2.44 bits per heavy atom. The SMILES string of the molecule is CCN1CCCC1CNC(=O)C=C(C)CCC=C(C)CCC=C(C)C. The maximum Gasteiger partial charge on any atom is 0.243 e. The van der Waals surface area contributed by atoms with Crippen molar-refractivity contribution in [2.75, 3.05) is 19.6 Å². The second kappa shape index (κ2) is 12.1. The quantitative estimate of drug-likeness (QED) is 0.446. The molecule has 1 heterocycles. The van der Waals surface area contributed by atoms with Crippen molar-refractivity contribution in [3.8, 4) is 0 Å². The van der Waals surface area contributed by atoms with Gasteiger partial charge in [-0.25, -0.2) is 0 Å². The molecule has 25 heavy (non-hydrogen) atoms. The van der Waals surface area contributed by atoms with Gasteiger partial charge in [0, 0.05) is 18.7 Å². The topological polar surface area (TPSA) is 32.3 Å². The molecule has 1 amide bonds. The first-order chi connectivity index (χ1) is 11.9. The second-order valence-corrected chi connectivity index (χ2v) is 7.57. The lowest BCUT2D eigenvalue weighted by molar-refractivity contribution is -0.116. The summed E-state index contributed by atoms with van der Waals surface area (Å²) in [5.74, 6) is 0.0599. The number of nitrogens with zero attached hydrogens (tertiary/aromatic N) is 1. The molecule has 1 rings (SSSR count). The molecular formula is C22H38N2O. The molecule has 0 radical (unpaired) electrons. The van der Waals surface area contributed by atoms with E-state index < -0.39 is 0 Å². The number of amides is 1. The molecule has 0 aromatic heterocycles. The lowest BCUT2D eigenvalue weighted by atomic mass is 10.1. The number of carbonyl (C=O) groups excluding carboxylic acids is 1. The highest BCUT2D eigenvalue weighted by atomic mass is 16.1. The third-order valence-electron chi connectivity index (χ3n) is 4.92. The summed E-state index contributed by atoms with van der Waals surface area (Å²) in [6.07, 6.45) is 13.1. The Hall–Kier alpha value is -1.35. The van der Waals surface area contributed by atoms with E-state index >= 15 is 0 Å². The molecule has 142 valence electrons. The van der Waals surface area contributed by atoms with E-state index in [0.29, 0.717) is 6.04 Å². The number of hydrogen-bond acceptors (Lipinski definition) is 2. The Morgan fingerprint density at radius 1 is 1.08 bits per heavy atom. The van der Waals surface area contributed by atoms with Crippen LogP contribution in [0.25, 0.3) is 0 Å². The van der Waals surface area contributed by atoms with Crippen LogP contribution >= 0.6 is 0 Å². The van der Waals surface area contributed by atoms with Gasteiger partial charge in [-0.2, -0.15) is 0 Å². The van der Waals surface area contributed by atoms with Gasteiger partial charge in [-0.1, -0.05) is 35.8 Å². The van der Waals surface area contributed by atoms with Crippen LogP contribution in [0, 0.1) is 0 Å².